The molecule has 0 radical (unpaired) electrons. The van der Waals surface area contributed by atoms with E-state index in [0.29, 0.717) is 18.0 Å². The molecule has 0 bridgehead atoms. The zero-order chi connectivity index (χ0) is 13.2. The topological polar surface area (TPSA) is 60.5 Å². The highest BCUT2D eigenvalue weighted by Gasteiger charge is 2.37. The first-order chi connectivity index (χ1) is 8.57. The van der Waals surface area contributed by atoms with E-state index in [-0.39, 0.29) is 17.6 Å². The van der Waals surface area contributed by atoms with Crippen molar-refractivity contribution in [2.45, 2.75) is 31.9 Å². The van der Waals surface area contributed by atoms with Crippen molar-refractivity contribution < 1.29 is 14.3 Å². The summed E-state index contributed by atoms with van der Waals surface area (Å²) in [6.07, 6.45) is 2.61. The number of pyridine rings is 1. The van der Waals surface area contributed by atoms with Gasteiger partial charge in [-0.1, -0.05) is 0 Å². The van der Waals surface area contributed by atoms with Gasteiger partial charge in [0.15, 0.2) is 0 Å². The van der Waals surface area contributed by atoms with E-state index in [1.165, 1.54) is 7.11 Å². The molecule has 1 aromatic rings. The third kappa shape index (κ3) is 2.31. The van der Waals surface area contributed by atoms with Crippen LogP contribution in [0.3, 0.4) is 0 Å². The number of methoxy groups -OCH3 is 1. The molecule has 18 heavy (non-hydrogen) atoms. The third-order valence-corrected chi connectivity index (χ3v) is 3.50. The number of carbonyl (C=O) groups excluding carboxylic acids is 1. The summed E-state index contributed by atoms with van der Waals surface area (Å²) in [5.74, 6) is 0.157. The molecule has 98 valence electrons. The molecule has 0 aromatic carbocycles. The first kappa shape index (κ1) is 12.8. The molecule has 0 aliphatic carbocycles. The average molecular weight is 250 g/mol. The van der Waals surface area contributed by atoms with Gasteiger partial charge in [-0.25, -0.2) is 9.78 Å². The summed E-state index contributed by atoms with van der Waals surface area (Å²) >= 11 is 0. The summed E-state index contributed by atoms with van der Waals surface area (Å²) in [6, 6.07) is 3.42. The average Bonchev–Trinajstić information content (AvgIpc) is 2.69. The molecule has 1 aromatic heterocycles. The summed E-state index contributed by atoms with van der Waals surface area (Å²) in [4.78, 5) is 15.9. The number of esters is 1. The molecule has 1 aliphatic rings. The van der Waals surface area contributed by atoms with Gasteiger partial charge in [0.2, 0.25) is 0 Å². The third-order valence-electron chi connectivity index (χ3n) is 3.50. The summed E-state index contributed by atoms with van der Waals surface area (Å²) in [5.41, 5.74) is 0.234. The Hall–Kier alpha value is -1.62. The molecule has 2 unspecified atom stereocenters. The molecule has 2 rings (SSSR count). The van der Waals surface area contributed by atoms with Crippen LogP contribution in [0.4, 0.5) is 5.82 Å². The van der Waals surface area contributed by atoms with Crippen LogP contribution < -0.4 is 5.32 Å². The molecule has 5 heteroatoms. The van der Waals surface area contributed by atoms with Crippen molar-refractivity contribution in [1.29, 1.82) is 0 Å². The highest BCUT2D eigenvalue weighted by atomic mass is 16.5. The minimum Gasteiger partial charge on any atom is -0.465 e. The van der Waals surface area contributed by atoms with E-state index >= 15 is 0 Å². The lowest BCUT2D eigenvalue weighted by Crippen LogP contribution is -2.42. The van der Waals surface area contributed by atoms with Crippen LogP contribution in [-0.4, -0.2) is 36.3 Å². The Morgan fingerprint density at radius 3 is 3.06 bits per heavy atom. The Balaban J connectivity index is 2.26. The second kappa shape index (κ2) is 4.94. The second-order valence-electron chi connectivity index (χ2n) is 4.70. The minimum atomic E-state index is -0.388. The van der Waals surface area contributed by atoms with Crippen LogP contribution in [0.2, 0.25) is 0 Å². The van der Waals surface area contributed by atoms with Crippen molar-refractivity contribution in [3.63, 3.8) is 0 Å². The van der Waals surface area contributed by atoms with Crippen molar-refractivity contribution in [1.82, 2.24) is 4.98 Å². The zero-order valence-electron chi connectivity index (χ0n) is 10.9. The number of carbonyl (C=O) groups is 1. The second-order valence-corrected chi connectivity index (χ2v) is 4.70. The summed E-state index contributed by atoms with van der Waals surface area (Å²) in [7, 11) is 1.36. The molecule has 0 spiro atoms. The fraction of sp³-hybridized carbons (Fsp3) is 0.538. The van der Waals surface area contributed by atoms with Crippen LogP contribution >= 0.6 is 0 Å². The van der Waals surface area contributed by atoms with Crippen LogP contribution in [0, 0.1) is 0 Å². The van der Waals surface area contributed by atoms with Gasteiger partial charge in [0.05, 0.1) is 18.8 Å². The molecule has 2 heterocycles. The molecule has 0 amide bonds. The van der Waals surface area contributed by atoms with Gasteiger partial charge in [-0.05, 0) is 32.4 Å². The fourth-order valence-electron chi connectivity index (χ4n) is 2.05. The number of anilines is 1. The van der Waals surface area contributed by atoms with Crippen LogP contribution in [0.5, 0.6) is 0 Å². The number of nitrogens with zero attached hydrogens (tertiary/aromatic N) is 1. The van der Waals surface area contributed by atoms with E-state index in [9.17, 15) is 4.79 Å². The van der Waals surface area contributed by atoms with Crippen molar-refractivity contribution in [2.24, 2.45) is 0 Å². The van der Waals surface area contributed by atoms with Gasteiger partial charge in [-0.15, -0.1) is 0 Å². The maximum Gasteiger partial charge on any atom is 0.341 e. The first-order valence-corrected chi connectivity index (χ1v) is 6.00. The lowest BCUT2D eigenvalue weighted by Gasteiger charge is -2.30. The maximum atomic E-state index is 11.7. The van der Waals surface area contributed by atoms with Crippen LogP contribution in [0.15, 0.2) is 18.3 Å². The minimum absolute atomic E-state index is 0.0741. The largest absolute Gasteiger partial charge is 0.465 e. The number of nitrogens with one attached hydrogen (secondary N) is 1. The molecule has 1 fully saturated rings. The van der Waals surface area contributed by atoms with Gasteiger partial charge in [-0.3, -0.25) is 0 Å². The number of rotatable bonds is 3. The Morgan fingerprint density at radius 2 is 2.44 bits per heavy atom. The summed E-state index contributed by atoms with van der Waals surface area (Å²) in [6.45, 7) is 4.80. The summed E-state index contributed by atoms with van der Waals surface area (Å²) in [5, 5.41) is 3.31. The fourth-order valence-corrected chi connectivity index (χ4v) is 2.05. The molecule has 5 nitrogen and oxygen atoms in total. The lowest BCUT2D eigenvalue weighted by atomic mass is 9.94. The van der Waals surface area contributed by atoms with E-state index in [4.69, 9.17) is 9.47 Å². The molecule has 1 aliphatic heterocycles. The number of ether oxygens (including phenoxy) is 2. The van der Waals surface area contributed by atoms with Gasteiger partial charge in [-0.2, -0.15) is 0 Å². The SMILES string of the molecule is COC(=O)c1cccnc1NC1(C)CCOC1C. The molecular weight excluding hydrogens is 232 g/mol. The van der Waals surface area contributed by atoms with Crippen molar-refractivity contribution in [3.8, 4) is 0 Å². The Labute approximate surface area is 107 Å². The molecule has 1 saturated heterocycles. The van der Waals surface area contributed by atoms with Crippen LogP contribution in [0.1, 0.15) is 30.6 Å². The highest BCUT2D eigenvalue weighted by Crippen LogP contribution is 2.30. The van der Waals surface area contributed by atoms with Crippen molar-refractivity contribution in [3.05, 3.63) is 23.9 Å². The number of hydrogen-bond acceptors (Lipinski definition) is 5. The Morgan fingerprint density at radius 1 is 1.67 bits per heavy atom. The monoisotopic (exact) mass is 250 g/mol. The van der Waals surface area contributed by atoms with Crippen molar-refractivity contribution in [2.75, 3.05) is 19.0 Å². The normalized spacial score (nSPS) is 26.9. The predicted octanol–water partition coefficient (Wildman–Crippen LogP) is 1.85. The Kier molecular flexibility index (Phi) is 3.52. The van der Waals surface area contributed by atoms with E-state index in [1.54, 1.807) is 18.3 Å². The molecule has 2 atom stereocenters. The first-order valence-electron chi connectivity index (χ1n) is 6.00. The smallest absolute Gasteiger partial charge is 0.341 e. The van der Waals surface area contributed by atoms with Gasteiger partial charge in [0.25, 0.3) is 0 Å². The van der Waals surface area contributed by atoms with E-state index < -0.39 is 0 Å². The van der Waals surface area contributed by atoms with E-state index in [1.807, 2.05) is 6.92 Å². The zero-order valence-corrected chi connectivity index (χ0v) is 10.9. The molecule has 0 saturated carbocycles. The van der Waals surface area contributed by atoms with Gasteiger partial charge in [0, 0.05) is 12.8 Å². The van der Waals surface area contributed by atoms with Crippen LogP contribution in [-0.2, 0) is 9.47 Å². The number of aromatic nitrogens is 1. The quantitative estimate of drug-likeness (QED) is 0.829. The predicted molar refractivity (Wildman–Crippen MR) is 67.6 cm³/mol. The van der Waals surface area contributed by atoms with E-state index in [0.717, 1.165) is 6.42 Å². The van der Waals surface area contributed by atoms with Gasteiger partial charge >= 0.3 is 5.97 Å². The standard InChI is InChI=1S/C13H18N2O3/c1-9-13(2,6-8-18-9)15-11-10(12(16)17-3)5-4-7-14-11/h4-5,7,9H,6,8H2,1-3H3,(H,14,15). The van der Waals surface area contributed by atoms with Gasteiger partial charge in [0.1, 0.15) is 11.4 Å². The molecule has 1 N–H and O–H groups in total. The van der Waals surface area contributed by atoms with Crippen LogP contribution in [0.25, 0.3) is 0 Å². The van der Waals surface area contributed by atoms with Gasteiger partial charge < -0.3 is 14.8 Å². The van der Waals surface area contributed by atoms with Crippen molar-refractivity contribution >= 4 is 11.8 Å². The maximum absolute atomic E-state index is 11.7. The lowest BCUT2D eigenvalue weighted by molar-refractivity contribution is 0.0601. The summed E-state index contributed by atoms with van der Waals surface area (Å²) < 4.78 is 10.3. The number of hydrogen-bond donors (Lipinski definition) is 1. The van der Waals surface area contributed by atoms with E-state index in [2.05, 4.69) is 17.2 Å². The molecular formula is C13H18N2O3. The Bertz CT molecular complexity index is 450. The highest BCUT2D eigenvalue weighted by molar-refractivity contribution is 5.94.